The Kier molecular flexibility index (Phi) is 5.94. The van der Waals surface area contributed by atoms with Gasteiger partial charge in [-0.15, -0.1) is 0 Å². The summed E-state index contributed by atoms with van der Waals surface area (Å²) in [5.41, 5.74) is 4.27. The smallest absolute Gasteiger partial charge is 0.138 e. The van der Waals surface area contributed by atoms with E-state index in [0.29, 0.717) is 23.9 Å². The molecule has 4 aromatic carbocycles. The van der Waals surface area contributed by atoms with Crippen LogP contribution in [0.15, 0.2) is 78.9 Å². The molecule has 0 fully saturated rings. The van der Waals surface area contributed by atoms with Gasteiger partial charge in [0.2, 0.25) is 0 Å². The largest absolute Gasteiger partial charge is 0.487 e. The first-order valence-electron chi connectivity index (χ1n) is 9.48. The zero-order valence-electron chi connectivity index (χ0n) is 16.1. The van der Waals surface area contributed by atoms with Gasteiger partial charge in [-0.25, -0.2) is 0 Å². The molecule has 0 aliphatic heterocycles. The van der Waals surface area contributed by atoms with E-state index in [1.165, 1.54) is 10.8 Å². The Labute approximate surface area is 181 Å². The molecule has 146 valence electrons. The second-order valence-electron chi connectivity index (χ2n) is 6.96. The van der Waals surface area contributed by atoms with Gasteiger partial charge in [0.25, 0.3) is 0 Å². The number of hydrogen-bond acceptors (Lipinski definition) is 2. The van der Waals surface area contributed by atoms with Crippen LogP contribution in [0.25, 0.3) is 10.8 Å². The summed E-state index contributed by atoms with van der Waals surface area (Å²) in [6.45, 7) is 3.13. The van der Waals surface area contributed by atoms with E-state index in [2.05, 4.69) is 35.6 Å². The quantitative estimate of drug-likeness (QED) is 0.345. The van der Waals surface area contributed by atoms with Crippen LogP contribution in [0.2, 0.25) is 10.0 Å². The number of nitrogens with one attached hydrogen (secondary N) is 1. The zero-order valence-corrected chi connectivity index (χ0v) is 17.6. The van der Waals surface area contributed by atoms with Crippen molar-refractivity contribution >= 4 is 39.7 Å². The van der Waals surface area contributed by atoms with Crippen LogP contribution >= 0.6 is 23.2 Å². The van der Waals surface area contributed by atoms with Crippen molar-refractivity contribution in [3.8, 4) is 5.75 Å². The Morgan fingerprint density at radius 2 is 1.62 bits per heavy atom. The molecule has 0 saturated heterocycles. The third-order valence-electron chi connectivity index (χ3n) is 5.01. The zero-order chi connectivity index (χ0) is 20.2. The Morgan fingerprint density at radius 1 is 0.828 bits per heavy atom. The van der Waals surface area contributed by atoms with Crippen molar-refractivity contribution in [2.75, 3.05) is 5.32 Å². The highest BCUT2D eigenvalue weighted by Crippen LogP contribution is 2.29. The summed E-state index contributed by atoms with van der Waals surface area (Å²) in [6.07, 6.45) is 0. The van der Waals surface area contributed by atoms with E-state index in [4.69, 9.17) is 27.9 Å². The normalized spacial score (nSPS) is 10.9. The van der Waals surface area contributed by atoms with Crippen molar-refractivity contribution < 1.29 is 4.74 Å². The van der Waals surface area contributed by atoms with E-state index in [1.54, 1.807) is 0 Å². The SMILES string of the molecule is Cc1c(Cl)cccc1NCc1ccc(OCc2cccc3ccccc23)c(Cl)c1. The summed E-state index contributed by atoms with van der Waals surface area (Å²) in [4.78, 5) is 0. The van der Waals surface area contributed by atoms with Gasteiger partial charge in [-0.3, -0.25) is 0 Å². The Hall–Kier alpha value is -2.68. The lowest BCUT2D eigenvalue weighted by Crippen LogP contribution is -2.02. The molecule has 0 radical (unpaired) electrons. The lowest BCUT2D eigenvalue weighted by Gasteiger charge is -2.13. The number of ether oxygens (including phenoxy) is 1. The third kappa shape index (κ3) is 4.50. The molecule has 4 rings (SSSR count). The minimum atomic E-state index is 0.473. The van der Waals surface area contributed by atoms with Gasteiger partial charge in [0.05, 0.1) is 5.02 Å². The Bertz CT molecular complexity index is 1150. The number of halogens is 2. The molecule has 0 heterocycles. The first-order chi connectivity index (χ1) is 14.1. The van der Waals surface area contributed by atoms with E-state index in [9.17, 15) is 0 Å². The van der Waals surface area contributed by atoms with Gasteiger partial charge in [0, 0.05) is 17.3 Å². The van der Waals surface area contributed by atoms with E-state index < -0.39 is 0 Å². The predicted octanol–water partition coefficient (Wildman–Crippen LogP) is 7.65. The van der Waals surface area contributed by atoms with E-state index in [0.717, 1.165) is 27.4 Å². The fourth-order valence-electron chi connectivity index (χ4n) is 3.34. The summed E-state index contributed by atoms with van der Waals surface area (Å²) >= 11 is 12.7. The van der Waals surface area contributed by atoms with Crippen molar-refractivity contribution in [2.45, 2.75) is 20.1 Å². The lowest BCUT2D eigenvalue weighted by atomic mass is 10.1. The average Bonchev–Trinajstić information content (AvgIpc) is 2.74. The highest BCUT2D eigenvalue weighted by molar-refractivity contribution is 6.32. The number of rotatable bonds is 6. The van der Waals surface area contributed by atoms with Gasteiger partial charge in [-0.05, 0) is 58.7 Å². The predicted molar refractivity (Wildman–Crippen MR) is 123 cm³/mol. The fourth-order valence-corrected chi connectivity index (χ4v) is 3.77. The molecule has 0 aliphatic carbocycles. The first kappa shape index (κ1) is 19.6. The third-order valence-corrected chi connectivity index (χ3v) is 5.71. The van der Waals surface area contributed by atoms with Crippen LogP contribution in [-0.4, -0.2) is 0 Å². The van der Waals surface area contributed by atoms with Gasteiger partial charge >= 0.3 is 0 Å². The molecule has 0 aromatic heterocycles. The second kappa shape index (κ2) is 8.77. The highest BCUT2D eigenvalue weighted by Gasteiger charge is 2.07. The summed E-state index contributed by atoms with van der Waals surface area (Å²) in [5.74, 6) is 0.683. The topological polar surface area (TPSA) is 21.3 Å². The number of anilines is 1. The summed E-state index contributed by atoms with van der Waals surface area (Å²) in [7, 11) is 0. The summed E-state index contributed by atoms with van der Waals surface area (Å²) in [5, 5.41) is 7.17. The maximum atomic E-state index is 6.48. The molecule has 29 heavy (non-hydrogen) atoms. The molecule has 0 atom stereocenters. The molecular formula is C25H21Cl2NO. The van der Waals surface area contributed by atoms with Gasteiger partial charge in [-0.2, -0.15) is 0 Å². The second-order valence-corrected chi connectivity index (χ2v) is 7.77. The molecule has 0 bridgehead atoms. The summed E-state index contributed by atoms with van der Waals surface area (Å²) in [6, 6.07) is 26.3. The lowest BCUT2D eigenvalue weighted by molar-refractivity contribution is 0.308. The van der Waals surface area contributed by atoms with E-state index in [-0.39, 0.29) is 0 Å². The molecular weight excluding hydrogens is 401 g/mol. The molecule has 0 aliphatic rings. The van der Waals surface area contributed by atoms with Crippen LogP contribution in [0.4, 0.5) is 5.69 Å². The van der Waals surface area contributed by atoms with E-state index >= 15 is 0 Å². The number of benzene rings is 4. The molecule has 0 unspecified atom stereocenters. The Balaban J connectivity index is 1.44. The molecule has 0 amide bonds. The molecule has 2 nitrogen and oxygen atoms in total. The van der Waals surface area contributed by atoms with Crippen molar-refractivity contribution in [3.63, 3.8) is 0 Å². The minimum absolute atomic E-state index is 0.473. The van der Waals surface area contributed by atoms with Crippen molar-refractivity contribution in [3.05, 3.63) is 106 Å². The molecule has 4 aromatic rings. The standard InChI is InChI=1S/C25H21Cl2NO/c1-17-22(26)10-5-11-24(17)28-15-18-12-13-25(23(27)14-18)29-16-20-8-4-7-19-6-2-3-9-21(19)20/h2-14,28H,15-16H2,1H3. The van der Waals surface area contributed by atoms with Crippen LogP contribution in [-0.2, 0) is 13.2 Å². The summed E-state index contributed by atoms with van der Waals surface area (Å²) < 4.78 is 6.01. The molecule has 0 saturated carbocycles. The molecule has 4 heteroatoms. The minimum Gasteiger partial charge on any atom is -0.487 e. The molecule has 1 N–H and O–H groups in total. The Morgan fingerprint density at radius 3 is 2.48 bits per heavy atom. The number of hydrogen-bond donors (Lipinski definition) is 1. The van der Waals surface area contributed by atoms with Crippen molar-refractivity contribution in [1.29, 1.82) is 0 Å². The first-order valence-corrected chi connectivity index (χ1v) is 10.2. The van der Waals surface area contributed by atoms with Crippen LogP contribution < -0.4 is 10.1 Å². The highest BCUT2D eigenvalue weighted by atomic mass is 35.5. The van der Waals surface area contributed by atoms with Gasteiger partial charge in [-0.1, -0.05) is 77.8 Å². The van der Waals surface area contributed by atoms with Crippen LogP contribution in [0.1, 0.15) is 16.7 Å². The monoisotopic (exact) mass is 421 g/mol. The fraction of sp³-hybridized carbons (Fsp3) is 0.120. The van der Waals surface area contributed by atoms with Gasteiger partial charge in [0.1, 0.15) is 12.4 Å². The van der Waals surface area contributed by atoms with Gasteiger partial charge < -0.3 is 10.1 Å². The van der Waals surface area contributed by atoms with Crippen LogP contribution in [0.3, 0.4) is 0 Å². The van der Waals surface area contributed by atoms with Crippen LogP contribution in [0.5, 0.6) is 5.75 Å². The number of fused-ring (bicyclic) bond motifs is 1. The van der Waals surface area contributed by atoms with Crippen molar-refractivity contribution in [2.24, 2.45) is 0 Å². The maximum absolute atomic E-state index is 6.48. The molecule has 0 spiro atoms. The van der Waals surface area contributed by atoms with Gasteiger partial charge in [0.15, 0.2) is 0 Å². The van der Waals surface area contributed by atoms with Crippen molar-refractivity contribution in [1.82, 2.24) is 0 Å². The maximum Gasteiger partial charge on any atom is 0.138 e. The average molecular weight is 422 g/mol. The van der Waals surface area contributed by atoms with E-state index in [1.807, 2.05) is 55.5 Å². The van der Waals surface area contributed by atoms with Crippen LogP contribution in [0, 0.1) is 6.92 Å².